The van der Waals surface area contributed by atoms with Gasteiger partial charge in [0.05, 0.1) is 5.52 Å². The summed E-state index contributed by atoms with van der Waals surface area (Å²) in [5, 5.41) is 0.679. The number of alkyl halides is 3. The van der Waals surface area contributed by atoms with Crippen LogP contribution in [0, 0.1) is 0 Å². The van der Waals surface area contributed by atoms with E-state index in [2.05, 4.69) is 11.6 Å². The number of hydrogen-bond donors (Lipinski definition) is 0. The molecular weight excluding hydrogens is 227 g/mol. The van der Waals surface area contributed by atoms with Crippen LogP contribution in [0.15, 0.2) is 36.9 Å². The van der Waals surface area contributed by atoms with Crippen LogP contribution in [0.5, 0.6) is 0 Å². The molecule has 0 aliphatic heterocycles. The highest BCUT2D eigenvalue weighted by atomic mass is 19.4. The first-order chi connectivity index (χ1) is 7.88. The van der Waals surface area contributed by atoms with Crippen molar-refractivity contribution in [3.63, 3.8) is 0 Å². The number of hydrogen-bond acceptors (Lipinski definition) is 1. The summed E-state index contributed by atoms with van der Waals surface area (Å²) >= 11 is 0. The minimum Gasteiger partial charge on any atom is -0.243 e. The summed E-state index contributed by atoms with van der Waals surface area (Å²) < 4.78 is 37.3. The predicted molar refractivity (Wildman–Crippen MR) is 61.5 cm³/mol. The lowest BCUT2D eigenvalue weighted by atomic mass is 10.1. The summed E-state index contributed by atoms with van der Waals surface area (Å²) in [6.07, 6.45) is -4.40. The summed E-state index contributed by atoms with van der Waals surface area (Å²) in [5.74, 6) is 0. The molecule has 4 heteroatoms. The van der Waals surface area contributed by atoms with Crippen LogP contribution in [-0.2, 0) is 6.18 Å². The van der Waals surface area contributed by atoms with Gasteiger partial charge in [0.1, 0.15) is 5.69 Å². The van der Waals surface area contributed by atoms with Gasteiger partial charge in [0.15, 0.2) is 0 Å². The van der Waals surface area contributed by atoms with Crippen LogP contribution in [0.25, 0.3) is 16.5 Å². The Morgan fingerprint density at radius 1 is 1.18 bits per heavy atom. The minimum atomic E-state index is -4.40. The molecule has 1 heterocycles. The Kier molecular flexibility index (Phi) is 2.65. The Bertz CT molecular complexity index is 585. The van der Waals surface area contributed by atoms with Gasteiger partial charge < -0.3 is 0 Å². The van der Waals surface area contributed by atoms with Gasteiger partial charge >= 0.3 is 6.18 Å². The normalized spacial score (nSPS) is 11.8. The molecule has 0 radical (unpaired) electrons. The van der Waals surface area contributed by atoms with E-state index >= 15 is 0 Å². The lowest BCUT2D eigenvalue weighted by Crippen LogP contribution is -2.07. The molecule has 0 N–H and O–H groups in total. The largest absolute Gasteiger partial charge is 0.433 e. The molecule has 88 valence electrons. The van der Waals surface area contributed by atoms with Crippen LogP contribution in [0.1, 0.15) is 18.2 Å². The maximum Gasteiger partial charge on any atom is 0.433 e. The molecule has 0 saturated heterocycles. The second-order valence-electron chi connectivity index (χ2n) is 3.88. The second-order valence-corrected chi connectivity index (χ2v) is 3.88. The fourth-order valence-electron chi connectivity index (χ4n) is 1.55. The zero-order valence-corrected chi connectivity index (χ0v) is 9.17. The Morgan fingerprint density at radius 2 is 1.88 bits per heavy atom. The monoisotopic (exact) mass is 237 g/mol. The molecule has 0 aliphatic carbocycles. The average Bonchev–Trinajstić information content (AvgIpc) is 2.26. The van der Waals surface area contributed by atoms with E-state index in [1.807, 2.05) is 6.92 Å². The number of pyridine rings is 1. The van der Waals surface area contributed by atoms with Crippen molar-refractivity contribution in [2.75, 3.05) is 0 Å². The summed E-state index contributed by atoms with van der Waals surface area (Å²) in [4.78, 5) is 3.59. The van der Waals surface area contributed by atoms with E-state index in [1.165, 1.54) is 6.07 Å². The van der Waals surface area contributed by atoms with Crippen molar-refractivity contribution >= 4 is 16.5 Å². The van der Waals surface area contributed by atoms with Crippen molar-refractivity contribution in [1.29, 1.82) is 0 Å². The number of halogens is 3. The molecule has 1 nitrogen and oxygen atoms in total. The van der Waals surface area contributed by atoms with Crippen LogP contribution in [0.3, 0.4) is 0 Å². The zero-order chi connectivity index (χ0) is 12.6. The van der Waals surface area contributed by atoms with E-state index in [9.17, 15) is 13.2 Å². The Morgan fingerprint density at radius 3 is 2.47 bits per heavy atom. The van der Waals surface area contributed by atoms with Gasteiger partial charge in [-0.3, -0.25) is 0 Å². The highest BCUT2D eigenvalue weighted by Gasteiger charge is 2.32. The maximum atomic E-state index is 12.4. The Labute approximate surface area is 96.6 Å². The number of rotatable bonds is 1. The standard InChI is InChI=1S/C13H10F3N/c1-8(2)9-3-5-11-10(7-9)4-6-12(17-11)13(14,15)16/h3-7H,1H2,2H3. The van der Waals surface area contributed by atoms with E-state index in [-0.39, 0.29) is 0 Å². The summed E-state index contributed by atoms with van der Waals surface area (Å²) in [7, 11) is 0. The van der Waals surface area contributed by atoms with Crippen molar-refractivity contribution in [3.05, 3.63) is 48.2 Å². The van der Waals surface area contributed by atoms with Gasteiger partial charge in [-0.25, -0.2) is 4.98 Å². The second kappa shape index (κ2) is 3.87. The first kappa shape index (κ1) is 11.6. The lowest BCUT2D eigenvalue weighted by Gasteiger charge is -2.07. The smallest absolute Gasteiger partial charge is 0.243 e. The van der Waals surface area contributed by atoms with Crippen LogP contribution in [0.2, 0.25) is 0 Å². The fraction of sp³-hybridized carbons (Fsp3) is 0.154. The molecule has 0 bridgehead atoms. The topological polar surface area (TPSA) is 12.9 Å². The number of nitrogens with zero attached hydrogens (tertiary/aromatic N) is 1. The third kappa shape index (κ3) is 2.30. The summed E-state index contributed by atoms with van der Waals surface area (Å²) in [6.45, 7) is 5.63. The molecule has 17 heavy (non-hydrogen) atoms. The third-order valence-electron chi connectivity index (χ3n) is 2.47. The SMILES string of the molecule is C=C(C)c1ccc2nc(C(F)(F)F)ccc2c1. The van der Waals surface area contributed by atoms with Crippen LogP contribution in [-0.4, -0.2) is 4.98 Å². The van der Waals surface area contributed by atoms with E-state index < -0.39 is 11.9 Å². The highest BCUT2D eigenvalue weighted by Crippen LogP contribution is 2.29. The van der Waals surface area contributed by atoms with Crippen molar-refractivity contribution in [2.45, 2.75) is 13.1 Å². The Balaban J connectivity index is 2.58. The van der Waals surface area contributed by atoms with Crippen molar-refractivity contribution < 1.29 is 13.2 Å². The van der Waals surface area contributed by atoms with Crippen LogP contribution in [0.4, 0.5) is 13.2 Å². The molecule has 1 aromatic carbocycles. The number of fused-ring (bicyclic) bond motifs is 1. The van der Waals surface area contributed by atoms with Crippen LogP contribution >= 0.6 is 0 Å². The van der Waals surface area contributed by atoms with E-state index in [1.54, 1.807) is 18.2 Å². The first-order valence-electron chi connectivity index (χ1n) is 5.02. The van der Waals surface area contributed by atoms with E-state index in [0.29, 0.717) is 10.9 Å². The molecule has 1 aromatic heterocycles. The van der Waals surface area contributed by atoms with Crippen molar-refractivity contribution in [1.82, 2.24) is 4.98 Å². The maximum absolute atomic E-state index is 12.4. The minimum absolute atomic E-state index is 0.338. The highest BCUT2D eigenvalue weighted by molar-refractivity contribution is 5.82. The number of allylic oxidation sites excluding steroid dienone is 1. The number of benzene rings is 1. The lowest BCUT2D eigenvalue weighted by molar-refractivity contribution is -0.140. The van der Waals surface area contributed by atoms with Gasteiger partial charge in [0.2, 0.25) is 0 Å². The van der Waals surface area contributed by atoms with Gasteiger partial charge in [-0.1, -0.05) is 24.3 Å². The van der Waals surface area contributed by atoms with Gasteiger partial charge in [-0.15, -0.1) is 0 Å². The molecule has 0 aliphatic rings. The molecule has 0 saturated carbocycles. The first-order valence-corrected chi connectivity index (χ1v) is 5.02. The van der Waals surface area contributed by atoms with Gasteiger partial charge in [0, 0.05) is 5.39 Å². The molecule has 0 fully saturated rings. The summed E-state index contributed by atoms with van der Waals surface area (Å²) in [6, 6.07) is 7.50. The van der Waals surface area contributed by atoms with E-state index in [4.69, 9.17) is 0 Å². The quantitative estimate of drug-likeness (QED) is 0.721. The van der Waals surface area contributed by atoms with Gasteiger partial charge in [-0.2, -0.15) is 13.2 Å². The van der Waals surface area contributed by atoms with Crippen molar-refractivity contribution in [2.24, 2.45) is 0 Å². The van der Waals surface area contributed by atoms with E-state index in [0.717, 1.165) is 17.2 Å². The summed E-state index contributed by atoms with van der Waals surface area (Å²) in [5.41, 5.74) is 1.24. The molecule has 0 unspecified atom stereocenters. The molecular formula is C13H10F3N. The average molecular weight is 237 g/mol. The zero-order valence-electron chi connectivity index (χ0n) is 9.17. The Hall–Kier alpha value is -1.84. The molecule has 0 amide bonds. The number of aromatic nitrogens is 1. The fourth-order valence-corrected chi connectivity index (χ4v) is 1.55. The molecule has 0 atom stereocenters. The third-order valence-corrected chi connectivity index (χ3v) is 2.47. The molecule has 0 spiro atoms. The predicted octanol–water partition coefficient (Wildman–Crippen LogP) is 4.29. The molecule has 2 rings (SSSR count). The van der Waals surface area contributed by atoms with Gasteiger partial charge in [0.25, 0.3) is 0 Å². The van der Waals surface area contributed by atoms with Crippen LogP contribution < -0.4 is 0 Å². The molecule has 2 aromatic rings. The van der Waals surface area contributed by atoms with Crippen molar-refractivity contribution in [3.8, 4) is 0 Å². The van der Waals surface area contributed by atoms with Gasteiger partial charge in [-0.05, 0) is 30.7 Å².